The van der Waals surface area contributed by atoms with E-state index in [4.69, 9.17) is 9.72 Å². The van der Waals surface area contributed by atoms with Crippen LogP contribution in [0.2, 0.25) is 0 Å². The number of fused-ring (bicyclic) bond motifs is 1. The van der Waals surface area contributed by atoms with E-state index in [9.17, 15) is 24.3 Å². The number of carbonyl (C=O) groups is 4. The summed E-state index contributed by atoms with van der Waals surface area (Å²) in [6.45, 7) is 3.84. The number of nitrogens with one attached hydrogen (secondary N) is 4. The number of aliphatic hydroxyl groups is 1. The van der Waals surface area contributed by atoms with Gasteiger partial charge in [-0.15, -0.1) is 0 Å². The molecule has 0 bridgehead atoms. The summed E-state index contributed by atoms with van der Waals surface area (Å²) in [6.07, 6.45) is 8.96. The highest BCUT2D eigenvalue weighted by Crippen LogP contribution is 2.41. The van der Waals surface area contributed by atoms with E-state index in [2.05, 4.69) is 36.1 Å². The van der Waals surface area contributed by atoms with Crippen molar-refractivity contribution in [3.05, 3.63) is 54.0 Å². The van der Waals surface area contributed by atoms with Crippen LogP contribution in [0.15, 0.2) is 42.6 Å². The van der Waals surface area contributed by atoms with E-state index in [0.29, 0.717) is 98.3 Å². The molecule has 1 saturated carbocycles. The second kappa shape index (κ2) is 18.8. The normalized spacial score (nSPS) is 22.5. The number of likely N-dealkylation sites (tertiary alicyclic amines) is 1. The largest absolute Gasteiger partial charge is 0.495 e. The number of aliphatic hydroxyl groups excluding tert-OH is 1. The number of rotatable bonds is 14. The summed E-state index contributed by atoms with van der Waals surface area (Å²) in [4.78, 5) is 68.0. The molecule has 3 aromatic rings. The number of benzene rings is 2. The summed E-state index contributed by atoms with van der Waals surface area (Å²) in [6, 6.07) is 9.05. The molecule has 5 heterocycles. The van der Waals surface area contributed by atoms with Crippen LogP contribution in [0.4, 0.5) is 43.3 Å². The van der Waals surface area contributed by atoms with Gasteiger partial charge in [-0.25, -0.2) is 13.8 Å². The Morgan fingerprint density at radius 2 is 1.75 bits per heavy atom. The van der Waals surface area contributed by atoms with Crippen molar-refractivity contribution in [1.29, 1.82) is 0 Å². The molecule has 8 rings (SSSR count). The summed E-state index contributed by atoms with van der Waals surface area (Å²) in [5.74, 6) is -0.0383. The van der Waals surface area contributed by atoms with E-state index in [1.807, 2.05) is 11.8 Å². The number of aromatic nitrogens is 2. The first-order valence-electron chi connectivity index (χ1n) is 22.7. The standard InChI is InChI=1S/C46H60F2N10O6/c1-4-35-43(63)55(2)37-27-49-44(53-40(37)58(35)31-7-5-6-8-31)51-33-11-9-29(25-38(33)64-3)41(61)54-46(19-24-59)17-20-56(21-18-46)28-45(48)15-22-57(23-16-45)36-13-10-30(26-32(36)47)50-34-12-14-39(60)52-42(34)62/h9-11,13,25-27,31,34-35,50,59H,4-8,12,14-24,28H2,1-3H3,(H,54,61)(H,49,51,53)(H,52,60,62)/t34?,35-/m1/s1. The Morgan fingerprint density at radius 1 is 1.00 bits per heavy atom. The quantitative estimate of drug-likeness (QED) is 0.136. The lowest BCUT2D eigenvalue weighted by Gasteiger charge is -2.45. The van der Waals surface area contributed by atoms with Gasteiger partial charge in [-0.3, -0.25) is 29.4 Å². The third-order valence-corrected chi connectivity index (χ3v) is 13.9. The van der Waals surface area contributed by atoms with E-state index >= 15 is 8.78 Å². The molecule has 4 fully saturated rings. The molecule has 344 valence electrons. The first kappa shape index (κ1) is 45.0. The lowest BCUT2D eigenvalue weighted by Crippen LogP contribution is -2.58. The minimum Gasteiger partial charge on any atom is -0.495 e. The summed E-state index contributed by atoms with van der Waals surface area (Å²) in [5.41, 5.74) is 0.236. The van der Waals surface area contributed by atoms with Crippen molar-refractivity contribution in [2.75, 3.05) is 78.8 Å². The zero-order chi connectivity index (χ0) is 45.2. The fraction of sp³-hybridized carbons (Fsp3) is 0.565. The molecule has 3 saturated heterocycles. The number of nitrogens with zero attached hydrogens (tertiary/aromatic N) is 6. The van der Waals surface area contributed by atoms with Gasteiger partial charge in [0.25, 0.3) is 5.91 Å². The Bertz CT molecular complexity index is 2230. The molecule has 5 N–H and O–H groups in total. The third kappa shape index (κ3) is 9.43. The smallest absolute Gasteiger partial charge is 0.251 e. The number of methoxy groups -OCH3 is 1. The summed E-state index contributed by atoms with van der Waals surface area (Å²) in [5, 5.41) is 21.9. The number of alkyl halides is 1. The highest BCUT2D eigenvalue weighted by Gasteiger charge is 2.43. The van der Waals surface area contributed by atoms with E-state index in [-0.39, 0.29) is 62.2 Å². The number of likely N-dealkylation sites (N-methyl/N-ethyl adjacent to an activating group) is 1. The van der Waals surface area contributed by atoms with Gasteiger partial charge in [-0.05, 0) is 81.3 Å². The van der Waals surface area contributed by atoms with Crippen LogP contribution < -0.4 is 40.7 Å². The van der Waals surface area contributed by atoms with E-state index in [1.54, 1.807) is 48.5 Å². The number of hydrogen-bond donors (Lipinski definition) is 5. The number of hydrogen-bond acceptors (Lipinski definition) is 13. The minimum absolute atomic E-state index is 0.0402. The van der Waals surface area contributed by atoms with Crippen molar-refractivity contribution in [2.45, 2.75) is 113 Å². The van der Waals surface area contributed by atoms with Gasteiger partial charge >= 0.3 is 0 Å². The molecule has 2 atom stereocenters. The Labute approximate surface area is 372 Å². The number of piperidine rings is 3. The van der Waals surface area contributed by atoms with E-state index in [0.717, 1.165) is 31.5 Å². The van der Waals surface area contributed by atoms with Gasteiger partial charge in [0.2, 0.25) is 23.7 Å². The maximum Gasteiger partial charge on any atom is 0.251 e. The Morgan fingerprint density at radius 3 is 2.42 bits per heavy atom. The molecule has 2 aromatic carbocycles. The van der Waals surface area contributed by atoms with Crippen molar-refractivity contribution < 1.29 is 37.8 Å². The molecule has 16 nitrogen and oxygen atoms in total. The first-order chi connectivity index (χ1) is 30.8. The number of amides is 4. The fourth-order valence-electron chi connectivity index (χ4n) is 10.2. The van der Waals surface area contributed by atoms with Gasteiger partial charge in [0.15, 0.2) is 5.82 Å². The molecular formula is C46H60F2N10O6. The van der Waals surface area contributed by atoms with Crippen LogP contribution in [-0.4, -0.2) is 126 Å². The van der Waals surface area contributed by atoms with Crippen LogP contribution >= 0.6 is 0 Å². The molecule has 0 radical (unpaired) electrons. The van der Waals surface area contributed by atoms with Crippen molar-refractivity contribution in [2.24, 2.45) is 0 Å². The monoisotopic (exact) mass is 886 g/mol. The average Bonchev–Trinajstić information content (AvgIpc) is 3.82. The van der Waals surface area contributed by atoms with E-state index < -0.39 is 29.0 Å². The summed E-state index contributed by atoms with van der Waals surface area (Å²) in [7, 11) is 3.29. The fourth-order valence-corrected chi connectivity index (χ4v) is 10.2. The van der Waals surface area contributed by atoms with Crippen LogP contribution in [0, 0.1) is 5.82 Å². The minimum atomic E-state index is -1.47. The highest BCUT2D eigenvalue weighted by atomic mass is 19.1. The number of imide groups is 1. The lowest BCUT2D eigenvalue weighted by molar-refractivity contribution is -0.133. The zero-order valence-electron chi connectivity index (χ0n) is 36.9. The van der Waals surface area contributed by atoms with Crippen LogP contribution in [0.25, 0.3) is 0 Å². The average molecular weight is 887 g/mol. The number of ether oxygens (including phenoxy) is 1. The van der Waals surface area contributed by atoms with E-state index in [1.165, 1.54) is 13.2 Å². The van der Waals surface area contributed by atoms with Gasteiger partial charge in [0, 0.05) is 88.5 Å². The topological polar surface area (TPSA) is 185 Å². The van der Waals surface area contributed by atoms with Crippen LogP contribution in [0.5, 0.6) is 5.75 Å². The molecule has 5 aliphatic rings. The van der Waals surface area contributed by atoms with Crippen LogP contribution in [-0.2, 0) is 14.4 Å². The molecule has 1 aliphatic carbocycles. The van der Waals surface area contributed by atoms with Crippen LogP contribution in [0.1, 0.15) is 94.3 Å². The molecule has 1 aromatic heterocycles. The molecule has 1 unspecified atom stereocenters. The Balaban J connectivity index is 0.861. The maximum absolute atomic E-state index is 16.4. The predicted octanol–water partition coefficient (Wildman–Crippen LogP) is 5.04. The van der Waals surface area contributed by atoms with Crippen molar-refractivity contribution in [1.82, 2.24) is 25.5 Å². The molecular weight excluding hydrogens is 827 g/mol. The number of carbonyl (C=O) groups excluding carboxylic acids is 4. The van der Waals surface area contributed by atoms with Crippen LogP contribution in [0.3, 0.4) is 0 Å². The second-order valence-electron chi connectivity index (χ2n) is 18.0. The molecule has 0 spiro atoms. The van der Waals surface area contributed by atoms with Gasteiger partial charge in [0.05, 0.1) is 24.7 Å². The number of halogens is 2. The first-order valence-corrected chi connectivity index (χ1v) is 22.7. The van der Waals surface area contributed by atoms with Gasteiger partial charge < -0.3 is 40.5 Å². The Hall–Kier alpha value is -5.62. The van der Waals surface area contributed by atoms with Crippen molar-refractivity contribution in [3.8, 4) is 5.75 Å². The predicted molar refractivity (Wildman–Crippen MR) is 240 cm³/mol. The SMILES string of the molecule is CC[C@@H]1C(=O)N(C)c2cnc(Nc3ccc(C(=O)NC4(CCO)CCN(CC5(F)CCN(c6ccc(NC7CCC(=O)NC7=O)cc6F)CC5)CC4)cc3OC)nc2N1C1CCCC1. The van der Waals surface area contributed by atoms with Gasteiger partial charge in [0.1, 0.15) is 35.0 Å². The summed E-state index contributed by atoms with van der Waals surface area (Å²) < 4.78 is 37.4. The van der Waals surface area contributed by atoms with Crippen molar-refractivity contribution >= 4 is 58.1 Å². The molecule has 64 heavy (non-hydrogen) atoms. The van der Waals surface area contributed by atoms with Gasteiger partial charge in [-0.1, -0.05) is 19.8 Å². The second-order valence-corrected chi connectivity index (χ2v) is 18.0. The molecule has 18 heteroatoms. The highest BCUT2D eigenvalue weighted by molar-refractivity contribution is 6.04. The Kier molecular flexibility index (Phi) is 13.2. The van der Waals surface area contributed by atoms with Gasteiger partial charge in [-0.2, -0.15) is 4.98 Å². The lowest BCUT2D eigenvalue weighted by atomic mass is 9.83. The maximum atomic E-state index is 16.4. The third-order valence-electron chi connectivity index (χ3n) is 13.9. The molecule has 4 amide bonds. The zero-order valence-corrected chi connectivity index (χ0v) is 36.9. The number of anilines is 6. The molecule has 4 aliphatic heterocycles. The van der Waals surface area contributed by atoms with Crippen molar-refractivity contribution in [3.63, 3.8) is 0 Å². The summed E-state index contributed by atoms with van der Waals surface area (Å²) >= 11 is 0.